The van der Waals surface area contributed by atoms with Crippen molar-refractivity contribution < 1.29 is 19.4 Å². The molecule has 20 heavy (non-hydrogen) atoms. The highest BCUT2D eigenvalue weighted by molar-refractivity contribution is 7.99. The summed E-state index contributed by atoms with van der Waals surface area (Å²) in [6, 6.07) is 5.40. The van der Waals surface area contributed by atoms with Crippen LogP contribution in [0.15, 0.2) is 18.2 Å². The Balaban J connectivity index is 1.79. The Kier molecular flexibility index (Phi) is 4.03. The number of benzene rings is 1. The summed E-state index contributed by atoms with van der Waals surface area (Å²) >= 11 is 1.66. The third-order valence-corrected chi connectivity index (χ3v) is 4.58. The number of hydrogen-bond acceptors (Lipinski definition) is 5. The molecule has 0 amide bonds. The summed E-state index contributed by atoms with van der Waals surface area (Å²) in [5.74, 6) is 2.20. The van der Waals surface area contributed by atoms with Crippen molar-refractivity contribution in [2.45, 2.75) is 18.5 Å². The second-order valence-electron chi connectivity index (χ2n) is 4.90. The van der Waals surface area contributed by atoms with Crippen LogP contribution in [-0.2, 0) is 4.79 Å². The van der Waals surface area contributed by atoms with Crippen LogP contribution in [0.4, 0.5) is 0 Å². The second kappa shape index (κ2) is 5.93. The van der Waals surface area contributed by atoms with Gasteiger partial charge in [0.25, 0.3) is 0 Å². The summed E-state index contributed by atoms with van der Waals surface area (Å²) in [5, 5.41) is 12.3. The molecule has 0 bridgehead atoms. The number of aliphatic carboxylic acids is 1. The number of hydrogen-bond donors (Lipinski definition) is 2. The molecular formula is C14H17NO4S. The normalized spacial score (nSPS) is 25.8. The molecule has 108 valence electrons. The number of carboxylic acid groups (broad SMARTS) is 1. The Morgan fingerprint density at radius 3 is 2.85 bits per heavy atom. The highest BCUT2D eigenvalue weighted by Crippen LogP contribution is 2.34. The van der Waals surface area contributed by atoms with E-state index in [2.05, 4.69) is 5.32 Å². The van der Waals surface area contributed by atoms with Crippen LogP contribution in [0.5, 0.6) is 11.5 Å². The number of nitrogens with one attached hydrogen (secondary N) is 1. The van der Waals surface area contributed by atoms with Crippen molar-refractivity contribution in [1.82, 2.24) is 5.32 Å². The van der Waals surface area contributed by atoms with Crippen LogP contribution in [0.2, 0.25) is 0 Å². The number of thioether (sulfide) groups is 1. The average Bonchev–Trinajstić information content (AvgIpc) is 2.71. The summed E-state index contributed by atoms with van der Waals surface area (Å²) in [6.45, 7) is 1.33. The van der Waals surface area contributed by atoms with Crippen molar-refractivity contribution in [3.05, 3.63) is 23.8 Å². The second-order valence-corrected chi connectivity index (χ2v) is 5.98. The number of fused-ring (bicyclic) bond motifs is 1. The topological polar surface area (TPSA) is 67.8 Å². The minimum Gasteiger partial charge on any atom is -0.490 e. The van der Waals surface area contributed by atoms with Crippen LogP contribution < -0.4 is 14.8 Å². The fraction of sp³-hybridized carbons (Fsp3) is 0.500. The van der Waals surface area contributed by atoms with Crippen LogP contribution in [-0.4, -0.2) is 41.8 Å². The Morgan fingerprint density at radius 2 is 2.05 bits per heavy atom. The lowest BCUT2D eigenvalue weighted by Crippen LogP contribution is -2.45. The van der Waals surface area contributed by atoms with E-state index in [1.165, 1.54) is 0 Å². The third-order valence-electron chi connectivity index (χ3n) is 3.44. The van der Waals surface area contributed by atoms with E-state index < -0.39 is 12.0 Å². The maximum Gasteiger partial charge on any atom is 0.321 e. The predicted molar refractivity (Wildman–Crippen MR) is 76.7 cm³/mol. The summed E-state index contributed by atoms with van der Waals surface area (Å²) in [5.41, 5.74) is 1.05. The molecule has 2 atom stereocenters. The zero-order valence-corrected chi connectivity index (χ0v) is 11.8. The predicted octanol–water partition coefficient (Wildman–Crippen LogP) is 1.68. The smallest absolute Gasteiger partial charge is 0.321 e. The first kappa shape index (κ1) is 13.6. The molecular weight excluding hydrogens is 278 g/mol. The molecule has 2 N–H and O–H groups in total. The molecule has 3 rings (SSSR count). The maximum absolute atomic E-state index is 11.1. The SMILES string of the molecule is O=C(O)C1CSCC(c2ccc3c(c2)OCCCO3)N1. The molecule has 2 heterocycles. The molecule has 1 saturated heterocycles. The first-order chi connectivity index (χ1) is 9.74. The molecule has 0 radical (unpaired) electrons. The van der Waals surface area contributed by atoms with E-state index in [9.17, 15) is 4.79 Å². The quantitative estimate of drug-likeness (QED) is 0.865. The van der Waals surface area contributed by atoms with Gasteiger partial charge in [0.1, 0.15) is 6.04 Å². The Bertz CT molecular complexity index is 508. The summed E-state index contributed by atoms with van der Waals surface area (Å²) in [6.07, 6.45) is 0.878. The zero-order valence-electron chi connectivity index (χ0n) is 11.0. The van der Waals surface area contributed by atoms with Gasteiger partial charge in [0.15, 0.2) is 11.5 Å². The van der Waals surface area contributed by atoms with Gasteiger partial charge in [-0.05, 0) is 17.7 Å². The van der Waals surface area contributed by atoms with Gasteiger partial charge in [-0.3, -0.25) is 10.1 Å². The largest absolute Gasteiger partial charge is 0.490 e. The fourth-order valence-corrected chi connectivity index (χ4v) is 3.51. The van der Waals surface area contributed by atoms with Gasteiger partial charge in [0, 0.05) is 24.0 Å². The van der Waals surface area contributed by atoms with Gasteiger partial charge >= 0.3 is 5.97 Å². The number of carboxylic acids is 1. The maximum atomic E-state index is 11.1. The van der Waals surface area contributed by atoms with E-state index in [0.29, 0.717) is 19.0 Å². The van der Waals surface area contributed by atoms with Gasteiger partial charge < -0.3 is 14.6 Å². The molecule has 2 unspecified atom stereocenters. The minimum atomic E-state index is -0.795. The van der Waals surface area contributed by atoms with Crippen molar-refractivity contribution in [2.75, 3.05) is 24.7 Å². The number of carbonyl (C=O) groups is 1. The van der Waals surface area contributed by atoms with Crippen molar-refractivity contribution in [3.63, 3.8) is 0 Å². The van der Waals surface area contributed by atoms with E-state index >= 15 is 0 Å². The standard InChI is InChI=1S/C14H17NO4S/c16-14(17)11-8-20-7-10(15-11)9-2-3-12-13(6-9)19-5-1-4-18-12/h2-3,6,10-11,15H,1,4-5,7-8H2,(H,16,17). The van der Waals surface area contributed by atoms with Gasteiger partial charge in [0.2, 0.25) is 0 Å². The first-order valence-electron chi connectivity index (χ1n) is 6.70. The van der Waals surface area contributed by atoms with Crippen LogP contribution in [0.25, 0.3) is 0 Å². The van der Waals surface area contributed by atoms with Crippen molar-refractivity contribution in [2.24, 2.45) is 0 Å². The molecule has 0 aliphatic carbocycles. The first-order valence-corrected chi connectivity index (χ1v) is 7.85. The van der Waals surface area contributed by atoms with E-state index in [0.717, 1.165) is 29.2 Å². The van der Waals surface area contributed by atoms with Gasteiger partial charge in [-0.25, -0.2) is 0 Å². The molecule has 2 aliphatic heterocycles. The Labute approximate surface area is 121 Å². The third kappa shape index (κ3) is 2.86. The van der Waals surface area contributed by atoms with E-state index in [-0.39, 0.29) is 6.04 Å². The molecule has 0 spiro atoms. The molecule has 6 heteroatoms. The highest BCUT2D eigenvalue weighted by atomic mass is 32.2. The van der Waals surface area contributed by atoms with Crippen LogP contribution >= 0.6 is 11.8 Å². The van der Waals surface area contributed by atoms with Crippen molar-refractivity contribution in [3.8, 4) is 11.5 Å². The van der Waals surface area contributed by atoms with Crippen LogP contribution in [0, 0.1) is 0 Å². The lowest BCUT2D eigenvalue weighted by atomic mass is 10.1. The molecule has 5 nitrogen and oxygen atoms in total. The van der Waals surface area contributed by atoms with Gasteiger partial charge in [-0.2, -0.15) is 11.8 Å². The summed E-state index contributed by atoms with van der Waals surface area (Å²) in [4.78, 5) is 11.1. The van der Waals surface area contributed by atoms with Crippen molar-refractivity contribution in [1.29, 1.82) is 0 Å². The number of rotatable bonds is 2. The fourth-order valence-electron chi connectivity index (χ4n) is 2.37. The summed E-state index contributed by atoms with van der Waals surface area (Å²) < 4.78 is 11.3. The molecule has 1 fully saturated rings. The molecule has 1 aromatic carbocycles. The Hall–Kier alpha value is -1.40. The van der Waals surface area contributed by atoms with Gasteiger partial charge in [0.05, 0.1) is 13.2 Å². The Morgan fingerprint density at radius 1 is 1.25 bits per heavy atom. The molecule has 0 aromatic heterocycles. The van der Waals surface area contributed by atoms with E-state index in [1.807, 2.05) is 18.2 Å². The highest BCUT2D eigenvalue weighted by Gasteiger charge is 2.28. The molecule has 1 aromatic rings. The van der Waals surface area contributed by atoms with E-state index in [1.54, 1.807) is 11.8 Å². The van der Waals surface area contributed by atoms with E-state index in [4.69, 9.17) is 14.6 Å². The number of ether oxygens (including phenoxy) is 2. The molecule has 0 saturated carbocycles. The molecule has 2 aliphatic rings. The lowest BCUT2D eigenvalue weighted by molar-refractivity contribution is -0.139. The van der Waals surface area contributed by atoms with Crippen LogP contribution in [0.3, 0.4) is 0 Å². The van der Waals surface area contributed by atoms with Crippen LogP contribution in [0.1, 0.15) is 18.0 Å². The van der Waals surface area contributed by atoms with Crippen molar-refractivity contribution >= 4 is 17.7 Å². The zero-order chi connectivity index (χ0) is 13.9. The monoisotopic (exact) mass is 295 g/mol. The average molecular weight is 295 g/mol. The minimum absolute atomic E-state index is 0.0343. The lowest BCUT2D eigenvalue weighted by Gasteiger charge is -2.28. The summed E-state index contributed by atoms with van der Waals surface area (Å²) in [7, 11) is 0. The van der Waals surface area contributed by atoms with Gasteiger partial charge in [-0.1, -0.05) is 6.07 Å². The van der Waals surface area contributed by atoms with Gasteiger partial charge in [-0.15, -0.1) is 0 Å².